The van der Waals surface area contributed by atoms with Crippen molar-refractivity contribution in [1.29, 1.82) is 0 Å². The standard InChI is InChI=1S/C3H8O2.CH2O/c1-4-3-5-2;1-2/h3H2,1-2H3;1H2. The molecular weight excluding hydrogens is 96.0 g/mol. The van der Waals surface area contributed by atoms with Crippen LogP contribution in [-0.2, 0) is 14.3 Å². The number of methoxy groups -OCH3 is 2. The second-order valence-electron chi connectivity index (χ2n) is 0.695. The maximum absolute atomic E-state index is 8.00. The van der Waals surface area contributed by atoms with Crippen molar-refractivity contribution >= 4 is 6.79 Å². The summed E-state index contributed by atoms with van der Waals surface area (Å²) in [5, 5.41) is 0. The van der Waals surface area contributed by atoms with Crippen LogP contribution in [0.5, 0.6) is 0 Å². The van der Waals surface area contributed by atoms with Crippen LogP contribution in [0.1, 0.15) is 0 Å². The lowest BCUT2D eigenvalue weighted by atomic mass is 11.4. The highest BCUT2D eigenvalue weighted by Gasteiger charge is 1.63. The van der Waals surface area contributed by atoms with Crippen molar-refractivity contribution in [2.75, 3.05) is 21.0 Å². The molecule has 3 heteroatoms. The molecule has 0 saturated heterocycles. The molecule has 44 valence electrons. The number of rotatable bonds is 2. The van der Waals surface area contributed by atoms with Gasteiger partial charge in [-0.2, -0.15) is 0 Å². The van der Waals surface area contributed by atoms with E-state index in [2.05, 4.69) is 9.47 Å². The van der Waals surface area contributed by atoms with Gasteiger partial charge in [-0.05, 0) is 0 Å². The SMILES string of the molecule is C=O.COCOC. The van der Waals surface area contributed by atoms with Crippen molar-refractivity contribution in [1.82, 2.24) is 0 Å². The first kappa shape index (κ1) is 9.77. The normalized spacial score (nSPS) is 6.57. The van der Waals surface area contributed by atoms with E-state index >= 15 is 0 Å². The van der Waals surface area contributed by atoms with Gasteiger partial charge in [0.2, 0.25) is 0 Å². The summed E-state index contributed by atoms with van der Waals surface area (Å²) in [6, 6.07) is 0. The molecule has 0 aromatic rings. The molecule has 0 radical (unpaired) electrons. The predicted molar refractivity (Wildman–Crippen MR) is 26.0 cm³/mol. The van der Waals surface area contributed by atoms with E-state index in [9.17, 15) is 0 Å². The third-order valence-corrected chi connectivity index (χ3v) is 0.236. The van der Waals surface area contributed by atoms with Crippen LogP contribution in [0.25, 0.3) is 0 Å². The molecule has 0 aromatic carbocycles. The van der Waals surface area contributed by atoms with Crippen LogP contribution in [0.2, 0.25) is 0 Å². The van der Waals surface area contributed by atoms with Gasteiger partial charge in [-0.25, -0.2) is 0 Å². The van der Waals surface area contributed by atoms with Crippen molar-refractivity contribution in [3.8, 4) is 0 Å². The van der Waals surface area contributed by atoms with Gasteiger partial charge in [0.05, 0.1) is 0 Å². The van der Waals surface area contributed by atoms with Crippen molar-refractivity contribution in [2.24, 2.45) is 0 Å². The Labute approximate surface area is 43.2 Å². The summed E-state index contributed by atoms with van der Waals surface area (Å²) in [7, 11) is 3.17. The number of hydrogen-bond donors (Lipinski definition) is 0. The Morgan fingerprint density at radius 2 is 1.57 bits per heavy atom. The van der Waals surface area contributed by atoms with Gasteiger partial charge in [0, 0.05) is 14.2 Å². The quantitative estimate of drug-likeness (QED) is 0.467. The lowest BCUT2D eigenvalue weighted by molar-refractivity contribution is -0.0979. The van der Waals surface area contributed by atoms with E-state index in [0.717, 1.165) is 0 Å². The fraction of sp³-hybridized carbons (Fsp3) is 0.750. The van der Waals surface area contributed by atoms with Crippen LogP contribution in [-0.4, -0.2) is 27.8 Å². The summed E-state index contributed by atoms with van der Waals surface area (Å²) in [5.74, 6) is 0. The minimum Gasteiger partial charge on any atom is -0.359 e. The molecule has 0 aliphatic carbocycles. The van der Waals surface area contributed by atoms with E-state index in [1.54, 1.807) is 14.2 Å². The lowest BCUT2D eigenvalue weighted by Crippen LogP contribution is -1.87. The van der Waals surface area contributed by atoms with Crippen LogP contribution >= 0.6 is 0 Å². The Morgan fingerprint density at radius 1 is 1.29 bits per heavy atom. The fourth-order valence-corrected chi connectivity index (χ4v) is 0.118. The van der Waals surface area contributed by atoms with Gasteiger partial charge >= 0.3 is 0 Å². The molecule has 3 nitrogen and oxygen atoms in total. The Hall–Kier alpha value is -0.410. The lowest BCUT2D eigenvalue weighted by Gasteiger charge is -1.87. The molecule has 0 saturated carbocycles. The van der Waals surface area contributed by atoms with Crippen LogP contribution in [0.4, 0.5) is 0 Å². The monoisotopic (exact) mass is 106 g/mol. The Kier molecular flexibility index (Phi) is 24.5. The first-order chi connectivity index (χ1) is 3.41. The third kappa shape index (κ3) is 28.5. The molecule has 0 bridgehead atoms. The zero-order valence-electron chi connectivity index (χ0n) is 4.64. The summed E-state index contributed by atoms with van der Waals surface area (Å²) in [6.07, 6.45) is 0. The van der Waals surface area contributed by atoms with Gasteiger partial charge in [0.25, 0.3) is 0 Å². The molecule has 0 aliphatic rings. The summed E-state index contributed by atoms with van der Waals surface area (Å²) in [5.41, 5.74) is 0. The smallest absolute Gasteiger partial charge is 0.145 e. The molecule has 0 rings (SSSR count). The van der Waals surface area contributed by atoms with Crippen LogP contribution in [0, 0.1) is 0 Å². The van der Waals surface area contributed by atoms with Crippen molar-refractivity contribution in [3.05, 3.63) is 0 Å². The van der Waals surface area contributed by atoms with E-state index in [1.165, 1.54) is 0 Å². The minimum absolute atomic E-state index is 0.389. The van der Waals surface area contributed by atoms with Crippen LogP contribution < -0.4 is 0 Å². The predicted octanol–water partition coefficient (Wildman–Crippen LogP) is 0.0518. The average Bonchev–Trinajstić information content (AvgIpc) is 1.75. The highest BCUT2D eigenvalue weighted by molar-refractivity contribution is 5.10. The van der Waals surface area contributed by atoms with Crippen molar-refractivity contribution < 1.29 is 14.3 Å². The molecule has 0 N–H and O–H groups in total. The molecule has 0 unspecified atom stereocenters. The van der Waals surface area contributed by atoms with E-state index in [1.807, 2.05) is 6.79 Å². The zero-order valence-corrected chi connectivity index (χ0v) is 4.64. The van der Waals surface area contributed by atoms with E-state index in [0.29, 0.717) is 6.79 Å². The molecule has 0 aliphatic heterocycles. The largest absolute Gasteiger partial charge is 0.359 e. The maximum atomic E-state index is 8.00. The zero-order chi connectivity index (χ0) is 6.12. The number of ether oxygens (including phenoxy) is 2. The van der Waals surface area contributed by atoms with Gasteiger partial charge in [-0.1, -0.05) is 0 Å². The minimum atomic E-state index is 0.389. The van der Waals surface area contributed by atoms with E-state index in [-0.39, 0.29) is 0 Å². The summed E-state index contributed by atoms with van der Waals surface area (Å²) in [6.45, 7) is 2.39. The number of carbonyl (C=O) groups is 1. The average molecular weight is 106 g/mol. The van der Waals surface area contributed by atoms with Crippen LogP contribution in [0.3, 0.4) is 0 Å². The molecule has 7 heavy (non-hydrogen) atoms. The van der Waals surface area contributed by atoms with Crippen molar-refractivity contribution in [3.63, 3.8) is 0 Å². The van der Waals surface area contributed by atoms with Crippen molar-refractivity contribution in [2.45, 2.75) is 0 Å². The molecule has 0 amide bonds. The topological polar surface area (TPSA) is 35.5 Å². The number of hydrogen-bond acceptors (Lipinski definition) is 3. The molecule has 0 fully saturated rings. The van der Waals surface area contributed by atoms with Gasteiger partial charge in [0.15, 0.2) is 0 Å². The Bertz CT molecular complexity index is 20.9. The molecule has 0 atom stereocenters. The second-order valence-corrected chi connectivity index (χ2v) is 0.695. The van der Waals surface area contributed by atoms with Gasteiger partial charge < -0.3 is 14.3 Å². The molecule has 0 heterocycles. The van der Waals surface area contributed by atoms with Crippen LogP contribution in [0.15, 0.2) is 0 Å². The fourth-order valence-electron chi connectivity index (χ4n) is 0.118. The summed E-state index contributed by atoms with van der Waals surface area (Å²) < 4.78 is 8.94. The van der Waals surface area contributed by atoms with Gasteiger partial charge in [-0.3, -0.25) is 0 Å². The van der Waals surface area contributed by atoms with E-state index in [4.69, 9.17) is 4.79 Å². The molecular formula is C4H10O3. The first-order valence-electron chi connectivity index (χ1n) is 1.68. The first-order valence-corrected chi connectivity index (χ1v) is 1.68. The maximum Gasteiger partial charge on any atom is 0.145 e. The second kappa shape index (κ2) is 17.6. The summed E-state index contributed by atoms with van der Waals surface area (Å²) >= 11 is 0. The summed E-state index contributed by atoms with van der Waals surface area (Å²) in [4.78, 5) is 8.00. The Balaban J connectivity index is 0. The third-order valence-electron chi connectivity index (χ3n) is 0.236. The van der Waals surface area contributed by atoms with E-state index < -0.39 is 0 Å². The Morgan fingerprint density at radius 3 is 1.57 bits per heavy atom. The molecule has 0 spiro atoms. The highest BCUT2D eigenvalue weighted by atomic mass is 16.6. The van der Waals surface area contributed by atoms with Gasteiger partial charge in [0.1, 0.15) is 13.6 Å². The molecule has 0 aromatic heterocycles. The van der Waals surface area contributed by atoms with Gasteiger partial charge in [-0.15, -0.1) is 0 Å². The number of carbonyl (C=O) groups excluding carboxylic acids is 1. The highest BCUT2D eigenvalue weighted by Crippen LogP contribution is 1.60.